The number of benzene rings is 1. The van der Waals surface area contributed by atoms with Crippen molar-refractivity contribution in [2.24, 2.45) is 10.9 Å². The van der Waals surface area contributed by atoms with Gasteiger partial charge in [0.15, 0.2) is 12.2 Å². The molecule has 0 N–H and O–H groups in total. The SMILES string of the molecule is Cc1cc(C)n(C2=NC3C(C(=O)N(CC(C)C)C(=O)N3C)N2Cc2cccc(Cl)c2)n1. The van der Waals surface area contributed by atoms with Crippen molar-refractivity contribution in [1.29, 1.82) is 0 Å². The Balaban J connectivity index is 1.79. The van der Waals surface area contributed by atoms with E-state index in [0.29, 0.717) is 24.1 Å². The van der Waals surface area contributed by atoms with Crippen LogP contribution in [0.3, 0.4) is 0 Å². The first-order valence-electron chi connectivity index (χ1n) is 10.4. The smallest absolute Gasteiger partial charge is 0.321 e. The van der Waals surface area contributed by atoms with Crippen LogP contribution in [0, 0.1) is 19.8 Å². The fourth-order valence-electron chi connectivity index (χ4n) is 4.21. The second-order valence-corrected chi connectivity index (χ2v) is 9.06. The number of likely N-dealkylation sites (N-methyl/N-ethyl adjacent to an activating group) is 1. The summed E-state index contributed by atoms with van der Waals surface area (Å²) >= 11 is 6.21. The number of aromatic nitrogens is 2. The normalized spacial score (nSPS) is 21.3. The molecule has 2 aliphatic rings. The summed E-state index contributed by atoms with van der Waals surface area (Å²) in [5, 5.41) is 5.21. The van der Waals surface area contributed by atoms with Gasteiger partial charge in [-0.05, 0) is 43.5 Å². The molecule has 1 aromatic carbocycles. The summed E-state index contributed by atoms with van der Waals surface area (Å²) in [6.07, 6.45) is -0.610. The number of fused-ring (bicyclic) bond motifs is 1. The maximum Gasteiger partial charge on any atom is 0.328 e. The molecule has 3 heterocycles. The molecule has 0 saturated carbocycles. The van der Waals surface area contributed by atoms with Gasteiger partial charge >= 0.3 is 6.03 Å². The number of hydrogen-bond acceptors (Lipinski definition) is 5. The number of carbonyl (C=O) groups excluding carboxylic acids is 2. The predicted octanol–water partition coefficient (Wildman–Crippen LogP) is 3.12. The third-order valence-electron chi connectivity index (χ3n) is 5.56. The zero-order valence-electron chi connectivity index (χ0n) is 18.4. The quantitative estimate of drug-likeness (QED) is 0.729. The van der Waals surface area contributed by atoms with Crippen LogP contribution in [-0.2, 0) is 11.3 Å². The highest BCUT2D eigenvalue weighted by molar-refractivity contribution is 6.30. The van der Waals surface area contributed by atoms with Crippen LogP contribution in [0.25, 0.3) is 0 Å². The van der Waals surface area contributed by atoms with Crippen LogP contribution in [0.1, 0.15) is 30.8 Å². The van der Waals surface area contributed by atoms with Crippen molar-refractivity contribution in [3.05, 3.63) is 52.3 Å². The highest BCUT2D eigenvalue weighted by atomic mass is 35.5. The number of aryl methyl sites for hydroxylation is 2. The number of hydrogen-bond donors (Lipinski definition) is 0. The molecular weight excluding hydrogens is 416 g/mol. The molecule has 2 aromatic rings. The van der Waals surface area contributed by atoms with Crippen molar-refractivity contribution in [3.8, 4) is 0 Å². The molecule has 164 valence electrons. The molecule has 2 aliphatic heterocycles. The minimum Gasteiger partial charge on any atom is -0.321 e. The van der Waals surface area contributed by atoms with Crippen LogP contribution in [0.5, 0.6) is 0 Å². The molecule has 0 bridgehead atoms. The van der Waals surface area contributed by atoms with Gasteiger partial charge in [-0.15, -0.1) is 0 Å². The van der Waals surface area contributed by atoms with Gasteiger partial charge in [-0.2, -0.15) is 5.10 Å². The van der Waals surface area contributed by atoms with E-state index in [0.717, 1.165) is 17.0 Å². The van der Waals surface area contributed by atoms with Crippen molar-refractivity contribution in [1.82, 2.24) is 24.5 Å². The van der Waals surface area contributed by atoms with Crippen molar-refractivity contribution in [2.45, 2.75) is 46.4 Å². The Labute approximate surface area is 187 Å². The molecule has 1 saturated heterocycles. The Kier molecular flexibility index (Phi) is 5.51. The second-order valence-electron chi connectivity index (χ2n) is 8.62. The molecule has 2 unspecified atom stereocenters. The van der Waals surface area contributed by atoms with Gasteiger partial charge in [-0.1, -0.05) is 37.6 Å². The van der Waals surface area contributed by atoms with E-state index in [1.54, 1.807) is 16.6 Å². The lowest BCUT2D eigenvalue weighted by molar-refractivity contribution is -0.138. The maximum absolute atomic E-state index is 13.5. The van der Waals surface area contributed by atoms with Crippen LogP contribution in [0.2, 0.25) is 5.02 Å². The standard InChI is InChI=1S/C22H27ClN6O2/c1-13(2)11-28-20(30)18-19(26(5)22(28)31)24-21(29-15(4)9-14(3)25-29)27(18)12-16-7-6-8-17(23)10-16/h6-10,13,18-19H,11-12H2,1-5H3. The molecule has 8 nitrogen and oxygen atoms in total. The maximum atomic E-state index is 13.5. The summed E-state index contributed by atoms with van der Waals surface area (Å²) in [7, 11) is 1.70. The molecule has 9 heteroatoms. The van der Waals surface area contributed by atoms with Gasteiger partial charge in [0.25, 0.3) is 5.91 Å². The van der Waals surface area contributed by atoms with E-state index in [4.69, 9.17) is 16.6 Å². The zero-order chi connectivity index (χ0) is 22.4. The van der Waals surface area contributed by atoms with Crippen molar-refractivity contribution < 1.29 is 9.59 Å². The van der Waals surface area contributed by atoms with E-state index in [1.807, 2.05) is 62.9 Å². The van der Waals surface area contributed by atoms with E-state index in [1.165, 1.54) is 4.90 Å². The van der Waals surface area contributed by atoms with E-state index in [-0.39, 0.29) is 17.9 Å². The van der Waals surface area contributed by atoms with Crippen LogP contribution in [0.15, 0.2) is 35.3 Å². The Morgan fingerprint density at radius 2 is 1.90 bits per heavy atom. The van der Waals surface area contributed by atoms with Gasteiger partial charge in [0.2, 0.25) is 5.96 Å². The van der Waals surface area contributed by atoms with E-state index in [9.17, 15) is 9.59 Å². The van der Waals surface area contributed by atoms with Gasteiger partial charge < -0.3 is 9.80 Å². The molecule has 0 aliphatic carbocycles. The molecular formula is C22H27ClN6O2. The lowest BCUT2D eigenvalue weighted by atomic mass is 10.1. The fourth-order valence-corrected chi connectivity index (χ4v) is 4.42. The second kappa shape index (κ2) is 8.00. The molecule has 0 radical (unpaired) electrons. The first-order chi connectivity index (χ1) is 14.7. The summed E-state index contributed by atoms with van der Waals surface area (Å²) in [4.78, 5) is 36.1. The third kappa shape index (κ3) is 3.80. The van der Waals surface area contributed by atoms with Gasteiger partial charge in [-0.25, -0.2) is 14.5 Å². The number of carbonyl (C=O) groups is 2. The lowest BCUT2D eigenvalue weighted by Crippen LogP contribution is -2.65. The first kappa shape index (κ1) is 21.4. The molecule has 1 fully saturated rings. The highest BCUT2D eigenvalue weighted by Gasteiger charge is 2.52. The van der Waals surface area contributed by atoms with Gasteiger partial charge in [-0.3, -0.25) is 9.69 Å². The Morgan fingerprint density at radius 1 is 1.16 bits per heavy atom. The molecule has 0 spiro atoms. The lowest BCUT2D eigenvalue weighted by Gasteiger charge is -2.41. The number of urea groups is 1. The van der Waals surface area contributed by atoms with Crippen molar-refractivity contribution in [2.75, 3.05) is 13.6 Å². The van der Waals surface area contributed by atoms with E-state index >= 15 is 0 Å². The van der Waals surface area contributed by atoms with Crippen LogP contribution >= 0.6 is 11.6 Å². The van der Waals surface area contributed by atoms with Crippen molar-refractivity contribution in [3.63, 3.8) is 0 Å². The van der Waals surface area contributed by atoms with Gasteiger partial charge in [0.05, 0.1) is 5.69 Å². The number of aliphatic imine (C=N–C) groups is 1. The Hall–Kier alpha value is -2.87. The average molecular weight is 443 g/mol. The fraction of sp³-hybridized carbons (Fsp3) is 0.455. The average Bonchev–Trinajstić information content (AvgIpc) is 3.23. The van der Waals surface area contributed by atoms with Crippen LogP contribution in [0.4, 0.5) is 4.79 Å². The number of imide groups is 1. The number of nitrogens with zero attached hydrogens (tertiary/aromatic N) is 6. The van der Waals surface area contributed by atoms with Gasteiger partial charge in [0, 0.05) is 30.9 Å². The summed E-state index contributed by atoms with van der Waals surface area (Å²) in [6, 6.07) is 8.56. The molecule has 3 amide bonds. The molecule has 31 heavy (non-hydrogen) atoms. The Bertz CT molecular complexity index is 1060. The summed E-state index contributed by atoms with van der Waals surface area (Å²) in [5.41, 5.74) is 2.71. The number of halogens is 1. The summed E-state index contributed by atoms with van der Waals surface area (Å²) in [6.45, 7) is 8.63. The number of amides is 3. The first-order valence-corrected chi connectivity index (χ1v) is 10.8. The summed E-state index contributed by atoms with van der Waals surface area (Å²) in [5.74, 6) is 0.487. The summed E-state index contributed by atoms with van der Waals surface area (Å²) < 4.78 is 1.75. The third-order valence-corrected chi connectivity index (χ3v) is 5.80. The van der Waals surface area contributed by atoms with Crippen molar-refractivity contribution >= 4 is 29.5 Å². The number of rotatable bonds is 4. The van der Waals surface area contributed by atoms with Crippen LogP contribution < -0.4 is 0 Å². The predicted molar refractivity (Wildman–Crippen MR) is 119 cm³/mol. The van der Waals surface area contributed by atoms with E-state index < -0.39 is 12.2 Å². The van der Waals surface area contributed by atoms with E-state index in [2.05, 4.69) is 5.10 Å². The Morgan fingerprint density at radius 3 is 2.52 bits per heavy atom. The largest absolute Gasteiger partial charge is 0.328 e. The highest BCUT2D eigenvalue weighted by Crippen LogP contribution is 2.30. The van der Waals surface area contributed by atoms with Gasteiger partial charge in [0.1, 0.15) is 0 Å². The zero-order valence-corrected chi connectivity index (χ0v) is 19.2. The topological polar surface area (TPSA) is 74.0 Å². The molecule has 4 rings (SSSR count). The molecule has 2 atom stereocenters. The monoisotopic (exact) mass is 442 g/mol. The minimum atomic E-state index is -0.626. The minimum absolute atomic E-state index is 0.164. The van der Waals surface area contributed by atoms with Crippen LogP contribution in [-0.4, -0.2) is 68.2 Å². The molecule has 1 aromatic heterocycles.